The first-order valence-electron chi connectivity index (χ1n) is 5.82. The molecule has 98 valence electrons. The molecule has 2 rings (SSSR count). The van der Waals surface area contributed by atoms with Crippen LogP contribution in [0, 0.1) is 6.92 Å². The van der Waals surface area contributed by atoms with E-state index in [-0.39, 0.29) is 0 Å². The molecule has 0 fully saturated rings. The van der Waals surface area contributed by atoms with Gasteiger partial charge in [0.15, 0.2) is 0 Å². The van der Waals surface area contributed by atoms with E-state index >= 15 is 0 Å². The lowest BCUT2D eigenvalue weighted by Gasteiger charge is -2.11. The quantitative estimate of drug-likeness (QED) is 0.841. The Hall–Kier alpha value is -1.46. The average Bonchev–Trinajstić information content (AvgIpc) is 2.36. The molecule has 1 heterocycles. The number of thiocarbonyl (C=S) groups is 1. The number of hydrogen-bond donors (Lipinski definition) is 2. The van der Waals surface area contributed by atoms with Gasteiger partial charge in [0.25, 0.3) is 0 Å². The van der Waals surface area contributed by atoms with Crippen LogP contribution in [0.5, 0.6) is 0 Å². The molecule has 0 spiro atoms. The highest BCUT2D eigenvalue weighted by Gasteiger charge is 2.07. The number of nitrogens with zero attached hydrogens (tertiary/aromatic N) is 1. The summed E-state index contributed by atoms with van der Waals surface area (Å²) in [6, 6.07) is 11.9. The minimum absolute atomic E-state index is 0.351. The normalized spacial score (nSPS) is 10.2. The summed E-state index contributed by atoms with van der Waals surface area (Å²) in [6.45, 7) is 2.61. The number of nitrogens with two attached hydrogens (primary N) is 1. The van der Waals surface area contributed by atoms with Crippen molar-refractivity contribution in [1.82, 2.24) is 4.98 Å². The van der Waals surface area contributed by atoms with Gasteiger partial charge in [0.2, 0.25) is 0 Å². The van der Waals surface area contributed by atoms with Gasteiger partial charge < -0.3 is 11.1 Å². The Bertz CT molecular complexity index is 613. The number of halogens is 1. The maximum atomic E-state index is 5.70. The summed E-state index contributed by atoms with van der Waals surface area (Å²) >= 11 is 8.49. The van der Waals surface area contributed by atoms with E-state index < -0.39 is 0 Å². The van der Waals surface area contributed by atoms with Crippen LogP contribution in [0.1, 0.15) is 16.8 Å². The maximum Gasteiger partial charge on any atom is 0.136 e. The van der Waals surface area contributed by atoms with Crippen LogP contribution in [0.3, 0.4) is 0 Å². The fraction of sp³-hybridized carbons (Fsp3) is 0.143. The summed E-state index contributed by atoms with van der Waals surface area (Å²) in [5, 5.41) is 3.28. The number of aryl methyl sites for hydroxylation is 1. The van der Waals surface area contributed by atoms with Crippen LogP contribution < -0.4 is 11.1 Å². The molecule has 0 atom stereocenters. The predicted octanol–water partition coefficient (Wildman–Crippen LogP) is 3.40. The molecule has 0 unspecified atom stereocenters. The van der Waals surface area contributed by atoms with Gasteiger partial charge in [-0.3, -0.25) is 0 Å². The molecule has 0 radical (unpaired) electrons. The van der Waals surface area contributed by atoms with E-state index in [1.54, 1.807) is 0 Å². The summed E-state index contributed by atoms with van der Waals surface area (Å²) in [6.07, 6.45) is 0. The van der Waals surface area contributed by atoms with Crippen LogP contribution in [0.15, 0.2) is 40.9 Å². The van der Waals surface area contributed by atoms with Gasteiger partial charge >= 0.3 is 0 Å². The van der Waals surface area contributed by atoms with Crippen LogP contribution in [-0.4, -0.2) is 9.97 Å². The van der Waals surface area contributed by atoms with Gasteiger partial charge in [-0.15, -0.1) is 0 Å². The van der Waals surface area contributed by atoms with Gasteiger partial charge in [0, 0.05) is 16.7 Å². The van der Waals surface area contributed by atoms with Gasteiger partial charge in [0.05, 0.1) is 5.56 Å². The van der Waals surface area contributed by atoms with Crippen LogP contribution >= 0.6 is 28.1 Å². The Labute approximate surface area is 126 Å². The smallest absolute Gasteiger partial charge is 0.136 e. The molecule has 3 nitrogen and oxygen atoms in total. The Kier molecular flexibility index (Phi) is 4.50. The third kappa shape index (κ3) is 3.75. The van der Waals surface area contributed by atoms with Crippen LogP contribution in [-0.2, 0) is 6.54 Å². The number of benzene rings is 1. The third-order valence-electron chi connectivity index (χ3n) is 2.65. The van der Waals surface area contributed by atoms with E-state index in [1.165, 1.54) is 0 Å². The van der Waals surface area contributed by atoms with Crippen molar-refractivity contribution in [1.29, 1.82) is 0 Å². The Morgan fingerprint density at radius 3 is 2.84 bits per heavy atom. The largest absolute Gasteiger partial charge is 0.389 e. The molecule has 5 heteroatoms. The van der Waals surface area contributed by atoms with Crippen molar-refractivity contribution in [2.24, 2.45) is 5.73 Å². The van der Waals surface area contributed by atoms with Crippen molar-refractivity contribution < 1.29 is 0 Å². The Balaban J connectivity index is 2.19. The van der Waals surface area contributed by atoms with Crippen LogP contribution in [0.25, 0.3) is 0 Å². The topological polar surface area (TPSA) is 50.9 Å². The molecule has 1 aromatic carbocycles. The number of anilines is 1. The molecule has 19 heavy (non-hydrogen) atoms. The number of hydrogen-bond acceptors (Lipinski definition) is 3. The number of nitrogens with one attached hydrogen (secondary N) is 1. The van der Waals surface area contributed by atoms with Gasteiger partial charge in [-0.1, -0.05) is 40.3 Å². The molecule has 0 bridgehead atoms. The zero-order chi connectivity index (χ0) is 13.8. The van der Waals surface area contributed by atoms with Crippen molar-refractivity contribution in [2.45, 2.75) is 13.5 Å². The van der Waals surface area contributed by atoms with E-state index in [2.05, 4.69) is 32.3 Å². The van der Waals surface area contributed by atoms with E-state index in [0.29, 0.717) is 11.5 Å². The predicted molar refractivity (Wildman–Crippen MR) is 86.3 cm³/mol. The molecule has 1 aromatic heterocycles. The molecule has 2 aromatic rings. The maximum absolute atomic E-state index is 5.70. The molecular weight excluding hydrogens is 322 g/mol. The minimum Gasteiger partial charge on any atom is -0.389 e. The average molecular weight is 336 g/mol. The molecule has 0 amide bonds. The summed E-state index contributed by atoms with van der Waals surface area (Å²) in [4.78, 5) is 4.79. The first kappa shape index (κ1) is 14.0. The van der Waals surface area contributed by atoms with Crippen molar-refractivity contribution in [3.05, 3.63) is 57.7 Å². The molecule has 0 aliphatic heterocycles. The van der Waals surface area contributed by atoms with Crippen molar-refractivity contribution in [3.8, 4) is 0 Å². The third-order valence-corrected chi connectivity index (χ3v) is 3.36. The molecule has 0 aliphatic rings. The summed E-state index contributed by atoms with van der Waals surface area (Å²) in [5.74, 6) is 0.729. The zero-order valence-corrected chi connectivity index (χ0v) is 12.9. The highest BCUT2D eigenvalue weighted by molar-refractivity contribution is 9.10. The second-order valence-electron chi connectivity index (χ2n) is 4.20. The van der Waals surface area contributed by atoms with Crippen molar-refractivity contribution in [2.75, 3.05) is 5.32 Å². The first-order valence-corrected chi connectivity index (χ1v) is 7.02. The highest BCUT2D eigenvalue weighted by atomic mass is 79.9. The van der Waals surface area contributed by atoms with Crippen LogP contribution in [0.2, 0.25) is 0 Å². The Morgan fingerprint density at radius 1 is 1.37 bits per heavy atom. The van der Waals surface area contributed by atoms with E-state index in [1.807, 2.05) is 37.3 Å². The lowest BCUT2D eigenvalue weighted by Crippen LogP contribution is -2.14. The molecule has 3 N–H and O–H groups in total. The van der Waals surface area contributed by atoms with Gasteiger partial charge in [-0.2, -0.15) is 0 Å². The van der Waals surface area contributed by atoms with Gasteiger partial charge in [-0.05, 0) is 36.8 Å². The second-order valence-corrected chi connectivity index (χ2v) is 5.55. The molecular formula is C14H14BrN3S. The summed E-state index contributed by atoms with van der Waals surface area (Å²) in [7, 11) is 0. The second kappa shape index (κ2) is 6.12. The van der Waals surface area contributed by atoms with E-state index in [0.717, 1.165) is 27.1 Å². The zero-order valence-electron chi connectivity index (χ0n) is 10.5. The highest BCUT2D eigenvalue weighted by Crippen LogP contribution is 2.16. The van der Waals surface area contributed by atoms with E-state index in [9.17, 15) is 0 Å². The number of pyridine rings is 1. The number of aromatic nitrogens is 1. The fourth-order valence-electron chi connectivity index (χ4n) is 1.72. The van der Waals surface area contributed by atoms with Gasteiger partial charge in [0.1, 0.15) is 10.8 Å². The molecule has 0 saturated carbocycles. The summed E-state index contributed by atoms with van der Waals surface area (Å²) < 4.78 is 1.05. The molecule has 0 aliphatic carbocycles. The SMILES string of the molecule is Cc1ccc(C(N)=S)c(NCc2cccc(Br)c2)n1. The minimum atomic E-state index is 0.351. The Morgan fingerprint density at radius 2 is 2.16 bits per heavy atom. The lowest BCUT2D eigenvalue weighted by molar-refractivity contribution is 1.08. The van der Waals surface area contributed by atoms with Crippen molar-refractivity contribution >= 4 is 39.0 Å². The van der Waals surface area contributed by atoms with E-state index in [4.69, 9.17) is 18.0 Å². The standard InChI is InChI=1S/C14H14BrN3S/c1-9-5-6-12(13(16)19)14(18-9)17-8-10-3-2-4-11(15)7-10/h2-7H,8H2,1H3,(H2,16,19)(H,17,18). The summed E-state index contributed by atoms with van der Waals surface area (Å²) in [5.41, 5.74) is 8.56. The van der Waals surface area contributed by atoms with Crippen molar-refractivity contribution in [3.63, 3.8) is 0 Å². The monoisotopic (exact) mass is 335 g/mol. The number of rotatable bonds is 4. The van der Waals surface area contributed by atoms with Gasteiger partial charge in [-0.25, -0.2) is 4.98 Å². The first-order chi connectivity index (χ1) is 9.06. The lowest BCUT2D eigenvalue weighted by atomic mass is 10.2. The van der Waals surface area contributed by atoms with Crippen LogP contribution in [0.4, 0.5) is 5.82 Å². The fourth-order valence-corrected chi connectivity index (χ4v) is 2.33. The molecule has 0 saturated heterocycles.